The molecule has 0 saturated carbocycles. The minimum atomic E-state index is 0.211. The molecule has 4 aromatic rings. The summed E-state index contributed by atoms with van der Waals surface area (Å²) in [7, 11) is 0. The summed E-state index contributed by atoms with van der Waals surface area (Å²) in [5.74, 6) is 2.13. The third-order valence-electron chi connectivity index (χ3n) is 4.88. The number of hydrogen-bond donors (Lipinski definition) is 1. The molecule has 4 heterocycles. The predicted molar refractivity (Wildman–Crippen MR) is 100 cm³/mol. The van der Waals surface area contributed by atoms with Crippen LogP contribution in [0.4, 0.5) is 0 Å². The summed E-state index contributed by atoms with van der Waals surface area (Å²) in [5, 5.41) is 0. The Kier molecular flexibility index (Phi) is 3.45. The Labute approximate surface area is 151 Å². The number of imidazole rings is 1. The lowest BCUT2D eigenvalue weighted by Gasteiger charge is -2.24. The van der Waals surface area contributed by atoms with Gasteiger partial charge in [-0.15, -0.1) is 0 Å². The van der Waals surface area contributed by atoms with Gasteiger partial charge in [0.2, 0.25) is 0 Å². The number of fused-ring (bicyclic) bond motifs is 2. The molecule has 1 aliphatic rings. The third-order valence-corrected chi connectivity index (χ3v) is 4.88. The minimum Gasteiger partial charge on any atom is -0.493 e. The van der Waals surface area contributed by atoms with Gasteiger partial charge < -0.3 is 9.72 Å². The van der Waals surface area contributed by atoms with Crippen LogP contribution in [-0.2, 0) is 6.42 Å². The van der Waals surface area contributed by atoms with E-state index in [0.29, 0.717) is 6.61 Å². The zero-order valence-corrected chi connectivity index (χ0v) is 14.4. The van der Waals surface area contributed by atoms with Crippen LogP contribution in [0, 0.1) is 6.92 Å². The largest absolute Gasteiger partial charge is 0.493 e. The molecule has 0 fully saturated rings. The number of aryl methyl sites for hydroxylation is 1. The average Bonchev–Trinajstić information content (AvgIpc) is 3.11. The first-order valence-corrected chi connectivity index (χ1v) is 8.75. The zero-order chi connectivity index (χ0) is 17.5. The molecular formula is C21H18N4O. The smallest absolute Gasteiger partial charge is 0.177 e. The summed E-state index contributed by atoms with van der Waals surface area (Å²) in [6, 6.07) is 12.4. The molecule has 3 aromatic heterocycles. The number of rotatable bonds is 2. The van der Waals surface area contributed by atoms with Gasteiger partial charge >= 0.3 is 0 Å². The fourth-order valence-electron chi connectivity index (χ4n) is 3.51. The molecule has 1 unspecified atom stereocenters. The number of nitrogens with zero attached hydrogens (tertiary/aromatic N) is 3. The summed E-state index contributed by atoms with van der Waals surface area (Å²) >= 11 is 0. The zero-order valence-electron chi connectivity index (χ0n) is 14.4. The van der Waals surface area contributed by atoms with Gasteiger partial charge in [-0.05, 0) is 48.7 Å². The van der Waals surface area contributed by atoms with Crippen molar-refractivity contribution in [2.24, 2.45) is 0 Å². The van der Waals surface area contributed by atoms with E-state index in [1.165, 1.54) is 11.1 Å². The summed E-state index contributed by atoms with van der Waals surface area (Å²) in [4.78, 5) is 16.8. The van der Waals surface area contributed by atoms with Crippen LogP contribution in [0.2, 0.25) is 0 Å². The summed E-state index contributed by atoms with van der Waals surface area (Å²) < 4.78 is 5.95. The van der Waals surface area contributed by atoms with E-state index in [2.05, 4.69) is 46.1 Å². The predicted octanol–water partition coefficient (Wildman–Crippen LogP) is 4.05. The van der Waals surface area contributed by atoms with E-state index < -0.39 is 0 Å². The first-order chi connectivity index (χ1) is 12.8. The molecule has 5 heteroatoms. The van der Waals surface area contributed by atoms with E-state index in [9.17, 15) is 0 Å². The highest BCUT2D eigenvalue weighted by molar-refractivity contribution is 5.78. The molecule has 0 saturated heterocycles. The third kappa shape index (κ3) is 2.62. The molecule has 128 valence electrons. The van der Waals surface area contributed by atoms with Gasteiger partial charge in [-0.2, -0.15) is 0 Å². The molecule has 0 bridgehead atoms. The maximum Gasteiger partial charge on any atom is 0.177 e. The lowest BCUT2D eigenvalue weighted by atomic mass is 9.95. The van der Waals surface area contributed by atoms with Crippen molar-refractivity contribution < 1.29 is 4.74 Å². The fourth-order valence-corrected chi connectivity index (χ4v) is 3.51. The molecule has 0 radical (unpaired) electrons. The quantitative estimate of drug-likeness (QED) is 0.597. The number of pyridine rings is 2. The highest BCUT2D eigenvalue weighted by atomic mass is 16.5. The van der Waals surface area contributed by atoms with E-state index in [0.717, 1.165) is 40.3 Å². The maximum atomic E-state index is 5.95. The Balaban J connectivity index is 1.48. The molecule has 0 aliphatic carbocycles. The summed E-state index contributed by atoms with van der Waals surface area (Å²) in [6.45, 7) is 2.74. The molecule has 1 atom stereocenters. The second-order valence-electron chi connectivity index (χ2n) is 6.78. The van der Waals surface area contributed by atoms with Crippen LogP contribution in [0.5, 0.6) is 5.75 Å². The van der Waals surface area contributed by atoms with E-state index >= 15 is 0 Å². The standard InChI is InChI=1S/C21H18N4O/c1-13-2-3-19-15(8-13)9-17(12-26-19)20-24-18-10-16(11-23-21(18)25-20)14-4-6-22-7-5-14/h2-8,10-11,17H,9,12H2,1H3,(H,23,24,25). The van der Waals surface area contributed by atoms with Gasteiger partial charge in [0.25, 0.3) is 0 Å². The van der Waals surface area contributed by atoms with Crippen molar-refractivity contribution in [1.29, 1.82) is 0 Å². The van der Waals surface area contributed by atoms with Crippen LogP contribution in [0.3, 0.4) is 0 Å². The molecule has 0 amide bonds. The number of nitrogens with one attached hydrogen (secondary N) is 1. The number of ether oxygens (including phenoxy) is 1. The Morgan fingerprint density at radius 2 is 1.96 bits per heavy atom. The van der Waals surface area contributed by atoms with Crippen molar-refractivity contribution in [2.45, 2.75) is 19.3 Å². The van der Waals surface area contributed by atoms with Crippen LogP contribution < -0.4 is 4.74 Å². The number of aromatic amines is 1. The second kappa shape index (κ2) is 5.95. The molecule has 5 nitrogen and oxygen atoms in total. The molecule has 5 rings (SSSR count). The van der Waals surface area contributed by atoms with Crippen LogP contribution in [0.25, 0.3) is 22.3 Å². The van der Waals surface area contributed by atoms with Crippen molar-refractivity contribution in [3.63, 3.8) is 0 Å². The first kappa shape index (κ1) is 15.1. The van der Waals surface area contributed by atoms with Gasteiger partial charge in [-0.1, -0.05) is 17.7 Å². The minimum absolute atomic E-state index is 0.211. The summed E-state index contributed by atoms with van der Waals surface area (Å²) in [6.07, 6.45) is 6.36. The normalized spacial score (nSPS) is 16.3. The van der Waals surface area contributed by atoms with Crippen molar-refractivity contribution in [3.8, 4) is 16.9 Å². The van der Waals surface area contributed by atoms with Gasteiger partial charge in [-0.3, -0.25) is 4.98 Å². The molecule has 26 heavy (non-hydrogen) atoms. The molecule has 1 aromatic carbocycles. The highest BCUT2D eigenvalue weighted by Gasteiger charge is 2.24. The van der Waals surface area contributed by atoms with Crippen molar-refractivity contribution >= 4 is 11.2 Å². The highest BCUT2D eigenvalue weighted by Crippen LogP contribution is 2.33. The second-order valence-corrected chi connectivity index (χ2v) is 6.78. The lowest BCUT2D eigenvalue weighted by molar-refractivity contribution is 0.258. The molecule has 1 aliphatic heterocycles. The number of benzene rings is 1. The van der Waals surface area contributed by atoms with Gasteiger partial charge in [0.15, 0.2) is 5.65 Å². The monoisotopic (exact) mass is 342 g/mol. The Bertz CT molecular complexity index is 1090. The van der Waals surface area contributed by atoms with Crippen LogP contribution in [-0.4, -0.2) is 26.5 Å². The van der Waals surface area contributed by atoms with E-state index in [-0.39, 0.29) is 5.92 Å². The first-order valence-electron chi connectivity index (χ1n) is 8.75. The Hall–Kier alpha value is -3.21. The van der Waals surface area contributed by atoms with E-state index in [4.69, 9.17) is 9.72 Å². The van der Waals surface area contributed by atoms with Crippen LogP contribution in [0.1, 0.15) is 22.9 Å². The Morgan fingerprint density at radius 1 is 1.08 bits per heavy atom. The van der Waals surface area contributed by atoms with Crippen LogP contribution >= 0.6 is 0 Å². The van der Waals surface area contributed by atoms with E-state index in [1.807, 2.05) is 18.3 Å². The van der Waals surface area contributed by atoms with Crippen molar-refractivity contribution in [2.75, 3.05) is 6.61 Å². The van der Waals surface area contributed by atoms with Crippen LogP contribution in [0.15, 0.2) is 55.0 Å². The SMILES string of the molecule is Cc1ccc2c(c1)CC(c1nc3ncc(-c4ccncc4)cc3[nH]1)CO2. The topological polar surface area (TPSA) is 63.7 Å². The molecule has 1 N–H and O–H groups in total. The number of H-pyrrole nitrogens is 1. The van der Waals surface area contributed by atoms with Gasteiger partial charge in [0.1, 0.15) is 11.6 Å². The van der Waals surface area contributed by atoms with Gasteiger partial charge in [-0.25, -0.2) is 9.97 Å². The van der Waals surface area contributed by atoms with E-state index in [1.54, 1.807) is 12.4 Å². The lowest BCUT2D eigenvalue weighted by Crippen LogP contribution is -2.20. The average molecular weight is 342 g/mol. The Morgan fingerprint density at radius 3 is 2.85 bits per heavy atom. The van der Waals surface area contributed by atoms with Crippen molar-refractivity contribution in [1.82, 2.24) is 19.9 Å². The summed E-state index contributed by atoms with van der Waals surface area (Å²) in [5.41, 5.74) is 6.33. The maximum absolute atomic E-state index is 5.95. The fraction of sp³-hybridized carbons (Fsp3) is 0.190. The van der Waals surface area contributed by atoms with Crippen molar-refractivity contribution in [3.05, 3.63) is 71.9 Å². The van der Waals surface area contributed by atoms with Gasteiger partial charge in [0.05, 0.1) is 18.0 Å². The number of hydrogen-bond acceptors (Lipinski definition) is 4. The molecular weight excluding hydrogens is 324 g/mol. The van der Waals surface area contributed by atoms with Gasteiger partial charge in [0, 0.05) is 24.2 Å². The molecule has 0 spiro atoms. The number of aromatic nitrogens is 4.